The van der Waals surface area contributed by atoms with Crippen LogP contribution in [0.5, 0.6) is 0 Å². The molecule has 0 saturated carbocycles. The molecule has 1 aromatic carbocycles. The highest BCUT2D eigenvalue weighted by Gasteiger charge is 2.28. The minimum atomic E-state index is 0.194. The van der Waals surface area contributed by atoms with Gasteiger partial charge in [-0.1, -0.05) is 29.8 Å². The van der Waals surface area contributed by atoms with E-state index >= 15 is 0 Å². The lowest BCUT2D eigenvalue weighted by atomic mass is 9.84. The van der Waals surface area contributed by atoms with Gasteiger partial charge in [-0.25, -0.2) is 0 Å². The van der Waals surface area contributed by atoms with Gasteiger partial charge in [0.25, 0.3) is 0 Å². The first-order chi connectivity index (χ1) is 11.2. The third-order valence-corrected chi connectivity index (χ3v) is 5.52. The van der Waals surface area contributed by atoms with Crippen LogP contribution in [0, 0.1) is 0 Å². The van der Waals surface area contributed by atoms with Crippen LogP contribution in [0.3, 0.4) is 0 Å². The van der Waals surface area contributed by atoms with Gasteiger partial charge in [0.1, 0.15) is 0 Å². The number of rotatable bonds is 2. The highest BCUT2D eigenvalue weighted by molar-refractivity contribution is 7.10. The van der Waals surface area contributed by atoms with Crippen molar-refractivity contribution >= 4 is 28.7 Å². The van der Waals surface area contributed by atoms with Gasteiger partial charge in [-0.05, 0) is 42.1 Å². The zero-order valence-corrected chi connectivity index (χ0v) is 13.9. The zero-order chi connectivity index (χ0) is 15.8. The van der Waals surface area contributed by atoms with Crippen molar-refractivity contribution in [3.63, 3.8) is 0 Å². The van der Waals surface area contributed by atoms with Crippen LogP contribution in [0.25, 0.3) is 11.3 Å². The van der Waals surface area contributed by atoms with E-state index < -0.39 is 0 Å². The lowest BCUT2D eigenvalue weighted by molar-refractivity contribution is 0.0964. The van der Waals surface area contributed by atoms with Crippen molar-refractivity contribution in [1.82, 2.24) is 4.98 Å². The second-order valence-corrected chi connectivity index (χ2v) is 7.16. The van der Waals surface area contributed by atoms with Gasteiger partial charge in [0.15, 0.2) is 5.78 Å². The molecule has 1 aliphatic carbocycles. The van der Waals surface area contributed by atoms with E-state index in [9.17, 15) is 4.79 Å². The molecule has 0 amide bonds. The molecule has 0 radical (unpaired) electrons. The van der Waals surface area contributed by atoms with Crippen LogP contribution in [0.2, 0.25) is 5.02 Å². The number of fused-ring (bicyclic) bond motifs is 1. The second kappa shape index (κ2) is 5.91. The van der Waals surface area contributed by atoms with Gasteiger partial charge in [0.05, 0.1) is 11.4 Å². The summed E-state index contributed by atoms with van der Waals surface area (Å²) in [7, 11) is 0. The van der Waals surface area contributed by atoms with Crippen LogP contribution in [0.1, 0.15) is 33.3 Å². The molecule has 0 saturated heterocycles. The number of aromatic nitrogens is 1. The Balaban J connectivity index is 1.72. The first kappa shape index (κ1) is 14.6. The van der Waals surface area contributed by atoms with Crippen molar-refractivity contribution < 1.29 is 4.79 Å². The average molecular weight is 340 g/mol. The second-order valence-electron chi connectivity index (χ2n) is 5.74. The minimum Gasteiger partial charge on any atom is -0.294 e. The number of pyridine rings is 1. The topological polar surface area (TPSA) is 30.0 Å². The van der Waals surface area contributed by atoms with Gasteiger partial charge in [-0.15, -0.1) is 11.3 Å². The molecule has 0 aliphatic heterocycles. The summed E-state index contributed by atoms with van der Waals surface area (Å²) < 4.78 is 0. The van der Waals surface area contributed by atoms with Crippen molar-refractivity contribution in [3.8, 4) is 11.3 Å². The van der Waals surface area contributed by atoms with E-state index in [-0.39, 0.29) is 11.7 Å². The van der Waals surface area contributed by atoms with Crippen molar-refractivity contribution in [2.45, 2.75) is 18.8 Å². The molecule has 2 aromatic heterocycles. The average Bonchev–Trinajstić information content (AvgIpc) is 3.09. The maximum Gasteiger partial charge on any atom is 0.165 e. The summed E-state index contributed by atoms with van der Waals surface area (Å²) >= 11 is 7.66. The molecule has 0 bridgehead atoms. The SMILES string of the molecule is O=C1C[C@H](c2cccs2)Cc2nc(-c3ccc(Cl)cc3)ccc21. The van der Waals surface area contributed by atoms with Gasteiger partial charge >= 0.3 is 0 Å². The number of hydrogen-bond donors (Lipinski definition) is 0. The molecule has 0 unspecified atom stereocenters. The van der Waals surface area contributed by atoms with E-state index in [0.29, 0.717) is 11.4 Å². The van der Waals surface area contributed by atoms with E-state index in [4.69, 9.17) is 16.6 Å². The summed E-state index contributed by atoms with van der Waals surface area (Å²) in [5.41, 5.74) is 3.59. The summed E-state index contributed by atoms with van der Waals surface area (Å²) in [4.78, 5) is 18.5. The summed E-state index contributed by atoms with van der Waals surface area (Å²) in [6.45, 7) is 0. The van der Waals surface area contributed by atoms with Gasteiger partial charge in [0, 0.05) is 33.4 Å². The fourth-order valence-electron chi connectivity index (χ4n) is 3.06. The first-order valence-electron chi connectivity index (χ1n) is 7.53. The van der Waals surface area contributed by atoms with Gasteiger partial charge in [0.2, 0.25) is 0 Å². The Morgan fingerprint density at radius 2 is 1.87 bits per heavy atom. The standard InChI is InChI=1S/C19H14ClNOS/c20-14-5-3-12(4-6-14)16-8-7-15-17(21-16)10-13(11-18(15)22)19-2-1-9-23-19/h1-9,13H,10-11H2/t13-/m1/s1. The molecule has 1 aliphatic rings. The predicted octanol–water partition coefficient (Wildman–Crippen LogP) is 5.38. The monoisotopic (exact) mass is 339 g/mol. The quantitative estimate of drug-likeness (QED) is 0.627. The summed E-state index contributed by atoms with van der Waals surface area (Å²) in [6, 6.07) is 15.6. The fourth-order valence-corrected chi connectivity index (χ4v) is 4.01. The van der Waals surface area contributed by atoms with Crippen molar-refractivity contribution in [1.29, 1.82) is 0 Å². The number of nitrogens with zero attached hydrogens (tertiary/aromatic N) is 1. The van der Waals surface area contributed by atoms with Crippen molar-refractivity contribution in [2.75, 3.05) is 0 Å². The Morgan fingerprint density at radius 3 is 2.61 bits per heavy atom. The lowest BCUT2D eigenvalue weighted by Gasteiger charge is -2.22. The molecule has 3 aromatic rings. The molecule has 0 N–H and O–H groups in total. The molecule has 0 spiro atoms. The van der Waals surface area contributed by atoms with Crippen LogP contribution in [0.4, 0.5) is 0 Å². The Hall–Kier alpha value is -1.97. The summed E-state index contributed by atoms with van der Waals surface area (Å²) in [6.07, 6.45) is 1.40. The van der Waals surface area contributed by atoms with E-state index in [1.54, 1.807) is 11.3 Å². The molecule has 2 nitrogen and oxygen atoms in total. The molecule has 4 heteroatoms. The fraction of sp³-hybridized carbons (Fsp3) is 0.158. The number of carbonyl (C=O) groups is 1. The number of benzene rings is 1. The van der Waals surface area contributed by atoms with E-state index in [0.717, 1.165) is 28.9 Å². The zero-order valence-electron chi connectivity index (χ0n) is 12.3. The first-order valence-corrected chi connectivity index (χ1v) is 8.79. The Bertz CT molecular complexity index is 856. The van der Waals surface area contributed by atoms with Crippen LogP contribution < -0.4 is 0 Å². The Kier molecular flexibility index (Phi) is 3.76. The smallest absolute Gasteiger partial charge is 0.165 e. The van der Waals surface area contributed by atoms with Crippen LogP contribution in [0.15, 0.2) is 53.9 Å². The number of carbonyl (C=O) groups excluding carboxylic acids is 1. The highest BCUT2D eigenvalue weighted by Crippen LogP contribution is 2.35. The molecule has 1 atom stereocenters. The van der Waals surface area contributed by atoms with E-state index in [2.05, 4.69) is 11.4 Å². The summed E-state index contributed by atoms with van der Waals surface area (Å²) in [5.74, 6) is 0.447. The Labute approximate surface area is 143 Å². The highest BCUT2D eigenvalue weighted by atomic mass is 35.5. The largest absolute Gasteiger partial charge is 0.294 e. The van der Waals surface area contributed by atoms with Crippen LogP contribution >= 0.6 is 22.9 Å². The maximum atomic E-state index is 12.4. The van der Waals surface area contributed by atoms with Crippen LogP contribution in [-0.4, -0.2) is 10.8 Å². The molecular weight excluding hydrogens is 326 g/mol. The minimum absolute atomic E-state index is 0.194. The predicted molar refractivity (Wildman–Crippen MR) is 94.4 cm³/mol. The van der Waals surface area contributed by atoms with Gasteiger partial charge in [-0.3, -0.25) is 9.78 Å². The number of hydrogen-bond acceptors (Lipinski definition) is 3. The Morgan fingerprint density at radius 1 is 1.04 bits per heavy atom. The number of ketones is 1. The van der Waals surface area contributed by atoms with Gasteiger partial charge < -0.3 is 0 Å². The number of thiophene rings is 1. The molecule has 2 heterocycles. The lowest BCUT2D eigenvalue weighted by Crippen LogP contribution is -2.19. The summed E-state index contributed by atoms with van der Waals surface area (Å²) in [5, 5.41) is 2.77. The van der Waals surface area contributed by atoms with E-state index in [1.165, 1.54) is 4.88 Å². The molecule has 114 valence electrons. The van der Waals surface area contributed by atoms with Gasteiger partial charge in [-0.2, -0.15) is 0 Å². The van der Waals surface area contributed by atoms with Crippen LogP contribution in [-0.2, 0) is 6.42 Å². The third-order valence-electron chi connectivity index (χ3n) is 4.23. The van der Waals surface area contributed by atoms with E-state index in [1.807, 2.05) is 42.5 Å². The third kappa shape index (κ3) is 2.82. The van der Waals surface area contributed by atoms with Crippen molar-refractivity contribution in [3.05, 3.63) is 75.1 Å². The molecular formula is C19H14ClNOS. The number of Topliss-reactive ketones (excluding diaryl/α,β-unsaturated/α-hetero) is 1. The maximum absolute atomic E-state index is 12.4. The van der Waals surface area contributed by atoms with Crippen molar-refractivity contribution in [2.24, 2.45) is 0 Å². The normalized spacial score (nSPS) is 17.1. The number of halogens is 1. The molecule has 4 rings (SSSR count). The molecule has 0 fully saturated rings. The molecule has 23 heavy (non-hydrogen) atoms.